The number of fused-ring (bicyclic) bond motifs is 2. The van der Waals surface area contributed by atoms with Crippen molar-refractivity contribution in [2.75, 3.05) is 13.1 Å². The van der Waals surface area contributed by atoms with Crippen LogP contribution in [0.15, 0.2) is 36.4 Å². The van der Waals surface area contributed by atoms with Crippen LogP contribution in [0.4, 0.5) is 13.6 Å². The third kappa shape index (κ3) is 3.08. The van der Waals surface area contributed by atoms with E-state index in [0.717, 1.165) is 28.2 Å². The number of carbonyl (C=O) groups excluding carboxylic acids is 2. The summed E-state index contributed by atoms with van der Waals surface area (Å²) in [6.07, 6.45) is -0.0177. The Kier molecular flexibility index (Phi) is 4.06. The average Bonchev–Trinajstić information content (AvgIpc) is 3.04. The van der Waals surface area contributed by atoms with E-state index in [9.17, 15) is 18.4 Å². The van der Waals surface area contributed by atoms with Crippen LogP contribution in [0.5, 0.6) is 5.75 Å². The zero-order valence-corrected chi connectivity index (χ0v) is 16.2. The Morgan fingerprint density at radius 1 is 1.23 bits per heavy atom. The van der Waals surface area contributed by atoms with E-state index in [2.05, 4.69) is 10.3 Å². The van der Waals surface area contributed by atoms with Crippen LogP contribution >= 0.6 is 0 Å². The normalized spacial score (nSPS) is 16.9. The van der Waals surface area contributed by atoms with E-state index in [1.165, 1.54) is 4.90 Å². The summed E-state index contributed by atoms with van der Waals surface area (Å²) >= 11 is 0. The number of hydrogen-bond acceptors (Lipinski definition) is 3. The van der Waals surface area contributed by atoms with Crippen LogP contribution in [0.2, 0.25) is 0 Å². The fourth-order valence-electron chi connectivity index (χ4n) is 4.21. The van der Waals surface area contributed by atoms with Gasteiger partial charge in [-0.05, 0) is 42.1 Å². The molecule has 0 atom stereocenters. The number of carbonyl (C=O) groups is 2. The number of benzene rings is 2. The molecule has 2 aliphatic heterocycles. The first-order valence-electron chi connectivity index (χ1n) is 9.64. The van der Waals surface area contributed by atoms with Crippen molar-refractivity contribution in [1.82, 2.24) is 15.2 Å². The van der Waals surface area contributed by atoms with Gasteiger partial charge < -0.3 is 19.9 Å². The van der Waals surface area contributed by atoms with Gasteiger partial charge in [0.15, 0.2) is 23.0 Å². The highest BCUT2D eigenvalue weighted by atomic mass is 19.1. The summed E-state index contributed by atoms with van der Waals surface area (Å²) in [5.41, 5.74) is 2.03. The predicted octanol–water partition coefficient (Wildman–Crippen LogP) is 3.68. The Morgan fingerprint density at radius 2 is 2.03 bits per heavy atom. The maximum atomic E-state index is 14.1. The highest BCUT2D eigenvalue weighted by molar-refractivity contribution is 6.00. The van der Waals surface area contributed by atoms with Gasteiger partial charge in [0.1, 0.15) is 5.82 Å². The first kappa shape index (κ1) is 18.6. The molecule has 0 aliphatic carbocycles. The third-order valence-electron chi connectivity index (χ3n) is 5.62. The molecule has 1 aromatic heterocycles. The van der Waals surface area contributed by atoms with Gasteiger partial charge >= 0.3 is 6.03 Å². The SMILES string of the molecule is Cc1cc2cc(CNC(=O)N3CC4(CC(=O)c5cc(F)cc(F)c5O4)C3)ccc2[nH]1. The fourth-order valence-corrected chi connectivity index (χ4v) is 4.21. The zero-order chi connectivity index (χ0) is 21.0. The number of amides is 2. The second kappa shape index (κ2) is 6.55. The van der Waals surface area contributed by atoms with E-state index >= 15 is 0 Å². The molecule has 0 saturated carbocycles. The van der Waals surface area contributed by atoms with E-state index in [1.807, 2.05) is 31.2 Å². The number of aromatic amines is 1. The smallest absolute Gasteiger partial charge is 0.317 e. The molecule has 3 aromatic rings. The number of nitrogens with zero attached hydrogens (tertiary/aromatic N) is 1. The number of ketones is 1. The van der Waals surface area contributed by atoms with Crippen molar-refractivity contribution in [2.45, 2.75) is 25.5 Å². The molecule has 1 saturated heterocycles. The molecule has 30 heavy (non-hydrogen) atoms. The van der Waals surface area contributed by atoms with Crippen LogP contribution in [0.3, 0.4) is 0 Å². The number of H-pyrrole nitrogens is 1. The number of nitrogens with one attached hydrogen (secondary N) is 2. The number of hydrogen-bond donors (Lipinski definition) is 2. The highest BCUT2D eigenvalue weighted by Gasteiger charge is 2.52. The van der Waals surface area contributed by atoms with Gasteiger partial charge in [0.05, 0.1) is 25.1 Å². The minimum Gasteiger partial charge on any atom is -0.479 e. The van der Waals surface area contributed by atoms with Gasteiger partial charge in [0.2, 0.25) is 0 Å². The van der Waals surface area contributed by atoms with Crippen LogP contribution in [-0.4, -0.2) is 40.4 Å². The van der Waals surface area contributed by atoms with Gasteiger partial charge in [-0.1, -0.05) is 6.07 Å². The van der Waals surface area contributed by atoms with E-state index in [0.29, 0.717) is 12.6 Å². The number of urea groups is 1. The van der Waals surface area contributed by atoms with Gasteiger partial charge in [-0.3, -0.25) is 4.79 Å². The molecule has 3 heterocycles. The molecule has 0 bridgehead atoms. The zero-order valence-electron chi connectivity index (χ0n) is 16.2. The molecule has 6 nitrogen and oxygen atoms in total. The first-order chi connectivity index (χ1) is 14.3. The van der Waals surface area contributed by atoms with Crippen molar-refractivity contribution in [1.29, 1.82) is 0 Å². The number of halogens is 2. The van der Waals surface area contributed by atoms with Crippen molar-refractivity contribution in [3.05, 3.63) is 64.9 Å². The van der Waals surface area contributed by atoms with E-state index in [1.54, 1.807) is 0 Å². The Labute approximate surface area is 170 Å². The van der Waals surface area contributed by atoms with Crippen molar-refractivity contribution in [2.24, 2.45) is 0 Å². The summed E-state index contributed by atoms with van der Waals surface area (Å²) in [5, 5.41) is 3.93. The van der Waals surface area contributed by atoms with Crippen LogP contribution in [0.1, 0.15) is 28.0 Å². The molecule has 154 valence electrons. The standard InChI is InChI=1S/C22H19F2N3O3/c1-12-4-14-5-13(2-3-18(14)26-12)9-25-21(29)27-10-22(11-27)8-19(28)16-6-15(23)7-17(24)20(16)30-22/h2-7,26H,8-11H2,1H3,(H,25,29). The number of rotatable bonds is 2. The first-order valence-corrected chi connectivity index (χ1v) is 9.64. The highest BCUT2D eigenvalue weighted by Crippen LogP contribution is 2.40. The molecular weight excluding hydrogens is 392 g/mol. The van der Waals surface area contributed by atoms with Crippen molar-refractivity contribution < 1.29 is 23.1 Å². The van der Waals surface area contributed by atoms with Gasteiger partial charge in [0, 0.05) is 23.8 Å². The lowest BCUT2D eigenvalue weighted by Gasteiger charge is -2.50. The van der Waals surface area contributed by atoms with Crippen LogP contribution in [-0.2, 0) is 6.54 Å². The quantitative estimate of drug-likeness (QED) is 0.676. The summed E-state index contributed by atoms with van der Waals surface area (Å²) in [6.45, 7) is 2.67. The molecule has 0 unspecified atom stereocenters. The predicted molar refractivity (Wildman–Crippen MR) is 106 cm³/mol. The second-order valence-electron chi connectivity index (χ2n) is 8.04. The molecule has 5 rings (SSSR count). The summed E-state index contributed by atoms with van der Waals surface area (Å²) in [4.78, 5) is 29.6. The molecule has 1 spiro atoms. The maximum Gasteiger partial charge on any atom is 0.317 e. The largest absolute Gasteiger partial charge is 0.479 e. The molecule has 0 radical (unpaired) electrons. The summed E-state index contributed by atoms with van der Waals surface area (Å²) in [6, 6.07) is 9.36. The topological polar surface area (TPSA) is 74.4 Å². The maximum absolute atomic E-state index is 14.1. The number of aromatic nitrogens is 1. The van der Waals surface area contributed by atoms with E-state index in [-0.39, 0.29) is 42.6 Å². The molecule has 1 fully saturated rings. The lowest BCUT2D eigenvalue weighted by Crippen LogP contribution is -2.69. The summed E-state index contributed by atoms with van der Waals surface area (Å²) < 4.78 is 33.2. The van der Waals surface area contributed by atoms with Crippen LogP contribution in [0, 0.1) is 18.6 Å². The monoisotopic (exact) mass is 411 g/mol. The number of aryl methyl sites for hydroxylation is 1. The third-order valence-corrected chi connectivity index (χ3v) is 5.62. The minimum absolute atomic E-state index is 0.0177. The van der Waals surface area contributed by atoms with Gasteiger partial charge in [-0.15, -0.1) is 0 Å². The lowest BCUT2D eigenvalue weighted by atomic mass is 9.84. The summed E-state index contributed by atoms with van der Waals surface area (Å²) in [7, 11) is 0. The Bertz CT molecular complexity index is 1200. The van der Waals surface area contributed by atoms with Crippen LogP contribution in [0.25, 0.3) is 10.9 Å². The Morgan fingerprint density at radius 3 is 2.83 bits per heavy atom. The molecular formula is C22H19F2N3O3. The molecule has 2 aliphatic rings. The van der Waals surface area contributed by atoms with Crippen LogP contribution < -0.4 is 10.1 Å². The molecule has 2 aromatic carbocycles. The van der Waals surface area contributed by atoms with Gasteiger partial charge in [-0.25, -0.2) is 13.6 Å². The van der Waals surface area contributed by atoms with Gasteiger partial charge in [-0.2, -0.15) is 0 Å². The van der Waals surface area contributed by atoms with Crippen molar-refractivity contribution in [3.63, 3.8) is 0 Å². The Balaban J connectivity index is 1.22. The fraction of sp³-hybridized carbons (Fsp3) is 0.273. The van der Waals surface area contributed by atoms with E-state index in [4.69, 9.17) is 4.74 Å². The number of Topliss-reactive ketones (excluding diaryl/α,β-unsaturated/α-hetero) is 1. The lowest BCUT2D eigenvalue weighted by molar-refractivity contribution is -0.0618. The van der Waals surface area contributed by atoms with Crippen molar-refractivity contribution in [3.8, 4) is 5.75 Å². The average molecular weight is 411 g/mol. The van der Waals surface area contributed by atoms with Gasteiger partial charge in [0.25, 0.3) is 0 Å². The number of ether oxygens (including phenoxy) is 1. The minimum atomic E-state index is -0.957. The van der Waals surface area contributed by atoms with Crippen molar-refractivity contribution >= 4 is 22.7 Å². The molecule has 8 heteroatoms. The van der Waals surface area contributed by atoms with E-state index < -0.39 is 17.2 Å². The summed E-state index contributed by atoms with van der Waals surface area (Å²) in [5.74, 6) is -2.34. The second-order valence-corrected chi connectivity index (χ2v) is 8.04. The molecule has 2 N–H and O–H groups in total. The number of likely N-dealkylation sites (tertiary alicyclic amines) is 1. The Hall–Kier alpha value is -3.42. The molecule has 2 amide bonds.